The van der Waals surface area contributed by atoms with Gasteiger partial charge in [-0.25, -0.2) is 0 Å². The molecule has 1 fully saturated rings. The summed E-state index contributed by atoms with van der Waals surface area (Å²) in [5, 5.41) is 3.45. The van der Waals surface area contributed by atoms with Crippen molar-refractivity contribution in [2.24, 2.45) is 5.92 Å². The van der Waals surface area contributed by atoms with Gasteiger partial charge in [0, 0.05) is 26.6 Å². The average Bonchev–Trinajstić information content (AvgIpc) is 2.36. The maximum atomic E-state index is 5.60. The monoisotopic (exact) mass is 409 g/mol. The highest BCUT2D eigenvalue weighted by Gasteiger charge is 2.25. The number of rotatable bonds is 3. The number of ether oxygens (including phenoxy) is 1. The molecule has 4 heteroatoms. The standard InChI is InChI=1S/C13H17BrINO/c1-16-13(9-3-2-6-17-8-9)11-7-10(14)4-5-12(11)15/h4-5,7,9,13,16H,2-3,6,8H2,1H3. The minimum Gasteiger partial charge on any atom is -0.381 e. The highest BCUT2D eigenvalue weighted by Crippen LogP contribution is 2.32. The molecule has 0 spiro atoms. The fourth-order valence-electron chi connectivity index (χ4n) is 2.43. The summed E-state index contributed by atoms with van der Waals surface area (Å²) in [6.45, 7) is 1.79. The molecule has 1 aromatic carbocycles. The van der Waals surface area contributed by atoms with E-state index in [0.29, 0.717) is 12.0 Å². The fraction of sp³-hybridized carbons (Fsp3) is 0.538. The van der Waals surface area contributed by atoms with Crippen molar-refractivity contribution in [2.75, 3.05) is 20.3 Å². The molecular formula is C13H17BrINO. The lowest BCUT2D eigenvalue weighted by Gasteiger charge is -2.31. The Hall–Kier alpha value is 0.350. The van der Waals surface area contributed by atoms with Gasteiger partial charge < -0.3 is 10.1 Å². The van der Waals surface area contributed by atoms with Gasteiger partial charge in [-0.3, -0.25) is 0 Å². The number of benzene rings is 1. The molecule has 2 unspecified atom stereocenters. The number of hydrogen-bond donors (Lipinski definition) is 1. The summed E-state index contributed by atoms with van der Waals surface area (Å²) in [6, 6.07) is 6.86. The summed E-state index contributed by atoms with van der Waals surface area (Å²) in [4.78, 5) is 0. The molecule has 0 saturated carbocycles. The van der Waals surface area contributed by atoms with E-state index in [1.54, 1.807) is 0 Å². The molecule has 94 valence electrons. The van der Waals surface area contributed by atoms with E-state index in [1.807, 2.05) is 7.05 Å². The second-order valence-electron chi connectivity index (χ2n) is 4.41. The van der Waals surface area contributed by atoms with Crippen LogP contribution in [0.5, 0.6) is 0 Å². The Balaban J connectivity index is 2.24. The van der Waals surface area contributed by atoms with Gasteiger partial charge >= 0.3 is 0 Å². The lowest BCUT2D eigenvalue weighted by atomic mass is 9.89. The van der Waals surface area contributed by atoms with Crippen molar-refractivity contribution in [2.45, 2.75) is 18.9 Å². The third kappa shape index (κ3) is 3.43. The quantitative estimate of drug-likeness (QED) is 0.767. The van der Waals surface area contributed by atoms with Crippen LogP contribution in [0.15, 0.2) is 22.7 Å². The van der Waals surface area contributed by atoms with Crippen molar-refractivity contribution in [1.29, 1.82) is 0 Å². The van der Waals surface area contributed by atoms with Crippen LogP contribution in [-0.2, 0) is 4.74 Å². The third-order valence-electron chi connectivity index (χ3n) is 3.27. The lowest BCUT2D eigenvalue weighted by Crippen LogP contribution is -2.31. The Bertz CT molecular complexity index is 380. The fourth-order valence-corrected chi connectivity index (χ4v) is 3.48. The molecule has 1 aliphatic heterocycles. The van der Waals surface area contributed by atoms with Gasteiger partial charge in [0.2, 0.25) is 0 Å². The predicted octanol–water partition coefficient (Wildman–Crippen LogP) is 3.74. The van der Waals surface area contributed by atoms with Crippen LogP contribution < -0.4 is 5.32 Å². The van der Waals surface area contributed by atoms with E-state index in [1.165, 1.54) is 22.0 Å². The van der Waals surface area contributed by atoms with Crippen LogP contribution in [-0.4, -0.2) is 20.3 Å². The molecule has 0 aliphatic carbocycles. The summed E-state index contributed by atoms with van der Waals surface area (Å²) < 4.78 is 8.06. The molecule has 1 saturated heterocycles. The predicted molar refractivity (Wildman–Crippen MR) is 82.2 cm³/mol. The lowest BCUT2D eigenvalue weighted by molar-refractivity contribution is 0.0401. The highest BCUT2D eigenvalue weighted by molar-refractivity contribution is 14.1. The Morgan fingerprint density at radius 2 is 2.35 bits per heavy atom. The van der Waals surface area contributed by atoms with Gasteiger partial charge in [0.25, 0.3) is 0 Å². The van der Waals surface area contributed by atoms with Crippen molar-refractivity contribution >= 4 is 38.5 Å². The van der Waals surface area contributed by atoms with E-state index >= 15 is 0 Å². The molecule has 0 bridgehead atoms. The minimum atomic E-state index is 0.389. The van der Waals surface area contributed by atoms with E-state index in [9.17, 15) is 0 Å². The van der Waals surface area contributed by atoms with Crippen LogP contribution >= 0.6 is 38.5 Å². The van der Waals surface area contributed by atoms with E-state index in [4.69, 9.17) is 4.74 Å². The first-order chi connectivity index (χ1) is 8.22. The molecular weight excluding hydrogens is 393 g/mol. The second kappa shape index (κ2) is 6.50. The van der Waals surface area contributed by atoms with Crippen molar-refractivity contribution in [3.63, 3.8) is 0 Å². The van der Waals surface area contributed by atoms with Crippen LogP contribution in [0.25, 0.3) is 0 Å². The molecule has 1 aromatic rings. The third-order valence-corrected chi connectivity index (χ3v) is 4.75. The molecule has 1 N–H and O–H groups in total. The van der Waals surface area contributed by atoms with Crippen LogP contribution in [0.3, 0.4) is 0 Å². The summed E-state index contributed by atoms with van der Waals surface area (Å²) in [6.07, 6.45) is 2.42. The molecule has 2 rings (SSSR count). The number of nitrogens with one attached hydrogen (secondary N) is 1. The zero-order valence-electron chi connectivity index (χ0n) is 9.88. The van der Waals surface area contributed by atoms with Gasteiger partial charge in [-0.05, 0) is 66.2 Å². The number of halogens is 2. The van der Waals surface area contributed by atoms with Crippen LogP contribution in [0.1, 0.15) is 24.4 Å². The van der Waals surface area contributed by atoms with Gasteiger partial charge in [0.1, 0.15) is 0 Å². The van der Waals surface area contributed by atoms with Crippen molar-refractivity contribution in [3.05, 3.63) is 31.8 Å². The van der Waals surface area contributed by atoms with Gasteiger partial charge in [-0.1, -0.05) is 15.9 Å². The SMILES string of the molecule is CNC(c1cc(Br)ccc1I)C1CCCOC1. The van der Waals surface area contributed by atoms with Crippen molar-refractivity contribution in [3.8, 4) is 0 Å². The second-order valence-corrected chi connectivity index (χ2v) is 6.49. The molecule has 17 heavy (non-hydrogen) atoms. The molecule has 2 nitrogen and oxygen atoms in total. The molecule has 2 atom stereocenters. The van der Waals surface area contributed by atoms with E-state index in [0.717, 1.165) is 17.7 Å². The van der Waals surface area contributed by atoms with Crippen LogP contribution in [0.2, 0.25) is 0 Å². The first-order valence-corrected chi connectivity index (χ1v) is 7.79. The summed E-state index contributed by atoms with van der Waals surface area (Å²) in [7, 11) is 2.04. The topological polar surface area (TPSA) is 21.3 Å². The van der Waals surface area contributed by atoms with Crippen molar-refractivity contribution in [1.82, 2.24) is 5.32 Å². The highest BCUT2D eigenvalue weighted by atomic mass is 127. The van der Waals surface area contributed by atoms with Crippen molar-refractivity contribution < 1.29 is 4.74 Å². The largest absolute Gasteiger partial charge is 0.381 e. The van der Waals surface area contributed by atoms with E-state index in [2.05, 4.69) is 62.0 Å². The average molecular weight is 410 g/mol. The first-order valence-electron chi connectivity index (χ1n) is 5.92. The molecule has 0 radical (unpaired) electrons. The minimum absolute atomic E-state index is 0.389. The summed E-state index contributed by atoms with van der Waals surface area (Å²) in [5.74, 6) is 0.580. The van der Waals surface area contributed by atoms with Crippen LogP contribution in [0.4, 0.5) is 0 Å². The van der Waals surface area contributed by atoms with E-state index in [-0.39, 0.29) is 0 Å². The normalized spacial score (nSPS) is 22.4. The zero-order chi connectivity index (χ0) is 12.3. The number of hydrogen-bond acceptors (Lipinski definition) is 2. The molecule has 0 aromatic heterocycles. The first kappa shape index (κ1) is 13.8. The summed E-state index contributed by atoms with van der Waals surface area (Å²) >= 11 is 5.97. The molecule has 0 amide bonds. The molecule has 1 heterocycles. The zero-order valence-corrected chi connectivity index (χ0v) is 13.6. The maximum Gasteiger partial charge on any atom is 0.0512 e. The van der Waals surface area contributed by atoms with E-state index < -0.39 is 0 Å². The van der Waals surface area contributed by atoms with Gasteiger partial charge in [0.05, 0.1) is 6.61 Å². The Labute approximate surface area is 125 Å². The van der Waals surface area contributed by atoms with Gasteiger partial charge in [-0.2, -0.15) is 0 Å². The van der Waals surface area contributed by atoms with Gasteiger partial charge in [0.15, 0.2) is 0 Å². The summed E-state index contributed by atoms with van der Waals surface area (Å²) in [5.41, 5.74) is 1.37. The Morgan fingerprint density at radius 1 is 1.53 bits per heavy atom. The smallest absolute Gasteiger partial charge is 0.0512 e. The molecule has 1 aliphatic rings. The Morgan fingerprint density at radius 3 is 3.00 bits per heavy atom. The maximum absolute atomic E-state index is 5.60. The van der Waals surface area contributed by atoms with Crippen LogP contribution in [0, 0.1) is 9.49 Å². The Kier molecular flexibility index (Phi) is 5.26. The van der Waals surface area contributed by atoms with Gasteiger partial charge in [-0.15, -0.1) is 0 Å².